The summed E-state index contributed by atoms with van der Waals surface area (Å²) in [5, 5.41) is 7.59. The van der Waals surface area contributed by atoms with E-state index in [0.717, 1.165) is 16.2 Å². The summed E-state index contributed by atoms with van der Waals surface area (Å²) >= 11 is 1.64. The standard InChI is InChI=1S/C15H16N4OS/c1-19(9-11-7-16-17-8-11)15(20)13-10-21-14(18-13)12-5-3-2-4-6-12/h2-8,13H,9-10H2,1H3,(H,16,17). The molecule has 6 heteroatoms. The Balaban J connectivity index is 1.67. The van der Waals surface area contributed by atoms with Gasteiger partial charge >= 0.3 is 0 Å². The van der Waals surface area contributed by atoms with Crippen LogP contribution in [-0.4, -0.2) is 44.9 Å². The second-order valence-corrected chi connectivity index (χ2v) is 5.94. The summed E-state index contributed by atoms with van der Waals surface area (Å²) in [5.74, 6) is 0.758. The number of thioether (sulfide) groups is 1. The molecule has 1 aliphatic heterocycles. The van der Waals surface area contributed by atoms with Crippen LogP contribution in [0, 0.1) is 0 Å². The van der Waals surface area contributed by atoms with Crippen LogP contribution in [0.15, 0.2) is 47.7 Å². The molecular weight excluding hydrogens is 284 g/mol. The number of hydrogen-bond acceptors (Lipinski definition) is 4. The minimum Gasteiger partial charge on any atom is -0.339 e. The number of aromatic amines is 1. The summed E-state index contributed by atoms with van der Waals surface area (Å²) in [4.78, 5) is 18.7. The van der Waals surface area contributed by atoms with Gasteiger partial charge in [0, 0.05) is 36.7 Å². The maximum atomic E-state index is 12.4. The summed E-state index contributed by atoms with van der Waals surface area (Å²) < 4.78 is 0. The van der Waals surface area contributed by atoms with Crippen molar-refractivity contribution in [3.8, 4) is 0 Å². The van der Waals surface area contributed by atoms with Crippen LogP contribution < -0.4 is 0 Å². The lowest BCUT2D eigenvalue weighted by molar-refractivity contribution is -0.131. The van der Waals surface area contributed by atoms with Crippen molar-refractivity contribution < 1.29 is 4.79 Å². The normalized spacial score (nSPS) is 17.6. The summed E-state index contributed by atoms with van der Waals surface area (Å²) in [6.07, 6.45) is 3.53. The summed E-state index contributed by atoms with van der Waals surface area (Å²) in [6.45, 7) is 0.548. The smallest absolute Gasteiger partial charge is 0.248 e. The van der Waals surface area contributed by atoms with Crippen molar-refractivity contribution in [3.05, 3.63) is 53.9 Å². The topological polar surface area (TPSA) is 61.4 Å². The summed E-state index contributed by atoms with van der Waals surface area (Å²) in [5.41, 5.74) is 2.07. The van der Waals surface area contributed by atoms with E-state index in [1.807, 2.05) is 30.3 Å². The Labute approximate surface area is 127 Å². The number of carbonyl (C=O) groups excluding carboxylic acids is 1. The van der Waals surface area contributed by atoms with Gasteiger partial charge in [-0.2, -0.15) is 5.10 Å². The van der Waals surface area contributed by atoms with Crippen molar-refractivity contribution in [2.45, 2.75) is 12.6 Å². The van der Waals surface area contributed by atoms with E-state index in [1.165, 1.54) is 0 Å². The molecule has 1 amide bonds. The van der Waals surface area contributed by atoms with Crippen molar-refractivity contribution in [2.75, 3.05) is 12.8 Å². The molecule has 1 atom stereocenters. The Morgan fingerprint density at radius 3 is 2.95 bits per heavy atom. The van der Waals surface area contributed by atoms with Gasteiger partial charge in [0.25, 0.3) is 0 Å². The van der Waals surface area contributed by atoms with Crippen LogP contribution in [0.1, 0.15) is 11.1 Å². The van der Waals surface area contributed by atoms with Crippen LogP contribution in [0.3, 0.4) is 0 Å². The van der Waals surface area contributed by atoms with Gasteiger partial charge in [-0.1, -0.05) is 30.3 Å². The first-order valence-electron chi connectivity index (χ1n) is 6.72. The molecule has 0 aliphatic carbocycles. The Morgan fingerprint density at radius 1 is 1.43 bits per heavy atom. The van der Waals surface area contributed by atoms with Gasteiger partial charge in [0.05, 0.1) is 11.2 Å². The fraction of sp³-hybridized carbons (Fsp3) is 0.267. The van der Waals surface area contributed by atoms with Crippen LogP contribution in [0.25, 0.3) is 0 Å². The predicted molar refractivity (Wildman–Crippen MR) is 84.3 cm³/mol. The van der Waals surface area contributed by atoms with E-state index in [2.05, 4.69) is 15.2 Å². The van der Waals surface area contributed by atoms with E-state index in [9.17, 15) is 4.79 Å². The minimum atomic E-state index is -0.290. The molecule has 5 nitrogen and oxygen atoms in total. The number of aromatic nitrogens is 2. The molecule has 0 saturated carbocycles. The summed E-state index contributed by atoms with van der Waals surface area (Å²) in [6, 6.07) is 9.70. The van der Waals surface area contributed by atoms with Crippen molar-refractivity contribution in [2.24, 2.45) is 4.99 Å². The third kappa shape index (κ3) is 3.16. The third-order valence-electron chi connectivity index (χ3n) is 3.31. The van der Waals surface area contributed by atoms with Gasteiger partial charge in [0.1, 0.15) is 6.04 Å². The molecule has 1 unspecified atom stereocenters. The quantitative estimate of drug-likeness (QED) is 0.938. The molecule has 0 fully saturated rings. The van der Waals surface area contributed by atoms with Gasteiger partial charge in [-0.05, 0) is 0 Å². The van der Waals surface area contributed by atoms with Crippen LogP contribution in [0.4, 0.5) is 0 Å². The number of hydrogen-bond donors (Lipinski definition) is 1. The largest absolute Gasteiger partial charge is 0.339 e. The maximum absolute atomic E-state index is 12.4. The lowest BCUT2D eigenvalue weighted by atomic mass is 10.2. The lowest BCUT2D eigenvalue weighted by Gasteiger charge is -2.18. The number of nitrogens with zero attached hydrogens (tertiary/aromatic N) is 3. The number of amides is 1. The summed E-state index contributed by atoms with van der Waals surface area (Å²) in [7, 11) is 1.80. The number of benzene rings is 1. The predicted octanol–water partition coefficient (Wildman–Crippen LogP) is 1.93. The second-order valence-electron chi connectivity index (χ2n) is 4.93. The molecule has 0 spiro atoms. The first-order valence-corrected chi connectivity index (χ1v) is 7.71. The van der Waals surface area contributed by atoms with Crippen LogP contribution in [-0.2, 0) is 11.3 Å². The maximum Gasteiger partial charge on any atom is 0.248 e. The molecule has 3 rings (SSSR count). The van der Waals surface area contributed by atoms with Gasteiger partial charge < -0.3 is 4.90 Å². The highest BCUT2D eigenvalue weighted by atomic mass is 32.2. The Hall–Kier alpha value is -2.08. The number of aliphatic imine (C=N–C) groups is 1. The molecule has 21 heavy (non-hydrogen) atoms. The van der Waals surface area contributed by atoms with Crippen LogP contribution >= 0.6 is 11.8 Å². The molecule has 0 saturated heterocycles. The van der Waals surface area contributed by atoms with E-state index in [4.69, 9.17) is 0 Å². The first-order chi connectivity index (χ1) is 10.2. The first kappa shape index (κ1) is 13.9. The number of rotatable bonds is 4. The van der Waals surface area contributed by atoms with Gasteiger partial charge in [-0.15, -0.1) is 11.8 Å². The highest BCUT2D eigenvalue weighted by Gasteiger charge is 2.28. The highest BCUT2D eigenvalue weighted by Crippen LogP contribution is 2.24. The molecule has 1 N–H and O–H groups in total. The molecule has 2 heterocycles. The monoisotopic (exact) mass is 300 g/mol. The molecule has 1 aromatic heterocycles. The number of carbonyl (C=O) groups is 1. The fourth-order valence-electron chi connectivity index (χ4n) is 2.21. The van der Waals surface area contributed by atoms with Gasteiger partial charge in [-0.3, -0.25) is 14.9 Å². The highest BCUT2D eigenvalue weighted by molar-refractivity contribution is 8.14. The average Bonchev–Trinajstić information content (AvgIpc) is 3.18. The molecule has 1 aliphatic rings. The van der Waals surface area contributed by atoms with E-state index in [-0.39, 0.29) is 11.9 Å². The molecule has 0 bridgehead atoms. The van der Waals surface area contributed by atoms with Crippen LogP contribution in [0.2, 0.25) is 0 Å². The minimum absolute atomic E-state index is 0.0506. The Bertz CT molecular complexity index is 639. The van der Waals surface area contributed by atoms with Gasteiger partial charge in [-0.25, -0.2) is 0 Å². The molecule has 1 aromatic carbocycles. The van der Waals surface area contributed by atoms with E-state index in [0.29, 0.717) is 12.3 Å². The molecule has 0 radical (unpaired) electrons. The number of likely N-dealkylation sites (N-methyl/N-ethyl adjacent to an activating group) is 1. The number of H-pyrrole nitrogens is 1. The second kappa shape index (κ2) is 6.13. The Kier molecular flexibility index (Phi) is 4.06. The molecule has 2 aromatic rings. The zero-order valence-electron chi connectivity index (χ0n) is 11.7. The van der Waals surface area contributed by atoms with Crippen molar-refractivity contribution in [1.29, 1.82) is 0 Å². The zero-order valence-corrected chi connectivity index (χ0v) is 12.5. The zero-order chi connectivity index (χ0) is 14.7. The van der Waals surface area contributed by atoms with E-state index in [1.54, 1.807) is 36.1 Å². The van der Waals surface area contributed by atoms with Crippen molar-refractivity contribution >= 4 is 22.7 Å². The average molecular weight is 300 g/mol. The van der Waals surface area contributed by atoms with E-state index >= 15 is 0 Å². The van der Waals surface area contributed by atoms with Crippen molar-refractivity contribution in [3.63, 3.8) is 0 Å². The van der Waals surface area contributed by atoms with Gasteiger partial charge in [0.2, 0.25) is 5.91 Å². The SMILES string of the molecule is CN(Cc1cn[nH]c1)C(=O)C1CSC(c2ccccc2)=N1. The van der Waals surface area contributed by atoms with Crippen LogP contribution in [0.5, 0.6) is 0 Å². The van der Waals surface area contributed by atoms with Gasteiger partial charge in [0.15, 0.2) is 0 Å². The fourth-order valence-corrected chi connectivity index (χ4v) is 3.25. The number of nitrogens with one attached hydrogen (secondary N) is 1. The third-order valence-corrected chi connectivity index (χ3v) is 4.40. The molecule has 108 valence electrons. The molecular formula is C15H16N4OS. The lowest BCUT2D eigenvalue weighted by Crippen LogP contribution is -2.35. The van der Waals surface area contributed by atoms with Crippen molar-refractivity contribution in [1.82, 2.24) is 15.1 Å². The Morgan fingerprint density at radius 2 is 2.24 bits per heavy atom. The van der Waals surface area contributed by atoms with E-state index < -0.39 is 0 Å².